The number of alkyl halides is 1. The number of nitrogens with one attached hydrogen (secondary N) is 1. The minimum atomic E-state index is -1.21. The van der Waals surface area contributed by atoms with Crippen molar-refractivity contribution in [2.45, 2.75) is 19.5 Å². The predicted molar refractivity (Wildman–Crippen MR) is 103 cm³/mol. The maximum Gasteiger partial charge on any atom is 0.253 e. The van der Waals surface area contributed by atoms with Gasteiger partial charge in [0.2, 0.25) is 6.86 Å². The van der Waals surface area contributed by atoms with Gasteiger partial charge in [0.25, 0.3) is 11.5 Å². The molecule has 0 spiro atoms. The van der Waals surface area contributed by atoms with Crippen molar-refractivity contribution in [2.24, 2.45) is 0 Å². The van der Waals surface area contributed by atoms with Gasteiger partial charge < -0.3 is 14.6 Å². The summed E-state index contributed by atoms with van der Waals surface area (Å²) in [6.45, 7) is 0.900. The zero-order valence-corrected chi connectivity index (χ0v) is 15.9. The predicted octanol–water partition coefficient (Wildman–Crippen LogP) is 3.37. The zero-order chi connectivity index (χ0) is 21.7. The minimum Gasteiger partial charge on any atom is -0.460 e. The summed E-state index contributed by atoms with van der Waals surface area (Å²) in [5.74, 6) is -2.51. The summed E-state index contributed by atoms with van der Waals surface area (Å²) in [5, 5.41) is 2.62. The Hall–Kier alpha value is -3.62. The molecule has 9 heteroatoms. The molecule has 3 rings (SSSR count). The van der Waals surface area contributed by atoms with E-state index in [9.17, 15) is 22.8 Å². The summed E-state index contributed by atoms with van der Waals surface area (Å²) in [5.41, 5.74) is -0.0655. The quantitative estimate of drug-likeness (QED) is 0.640. The molecule has 1 N–H and O–H groups in total. The molecular weight excluding hydrogens is 399 g/mol. The Morgan fingerprint density at radius 2 is 2.00 bits per heavy atom. The Morgan fingerprint density at radius 3 is 2.67 bits per heavy atom. The fraction of sp³-hybridized carbons (Fsp3) is 0.190. The van der Waals surface area contributed by atoms with Crippen LogP contribution in [0.3, 0.4) is 0 Å². The molecule has 2 heterocycles. The van der Waals surface area contributed by atoms with Crippen molar-refractivity contribution in [3.8, 4) is 5.75 Å². The largest absolute Gasteiger partial charge is 0.460 e. The number of hydrogen-bond donors (Lipinski definition) is 1. The molecule has 1 atom stereocenters. The van der Waals surface area contributed by atoms with Crippen molar-refractivity contribution in [1.82, 2.24) is 14.9 Å². The van der Waals surface area contributed by atoms with Crippen molar-refractivity contribution in [3.63, 3.8) is 0 Å². The first-order valence-corrected chi connectivity index (χ1v) is 9.04. The van der Waals surface area contributed by atoms with E-state index in [2.05, 4.69) is 15.0 Å². The number of benzene rings is 1. The number of ether oxygens (including phenoxy) is 1. The Bertz CT molecular complexity index is 1120. The standard InChI is InChI=1S/C21H18F3N3O3/c1-2-27-11-14(6-8-18(27)28)21(29)26-19(20-15(23)4-3-9-25-20)13-5-7-17(30-12-22)16(24)10-13/h3-11,19H,2,12H2,1H3,(H,26,29)/t19-/m0/s1. The SMILES string of the molecule is CCn1cc(C(=O)N[C@@H](c2ccc(OCF)c(F)c2)c2ncccc2F)ccc1=O. The van der Waals surface area contributed by atoms with E-state index < -0.39 is 30.4 Å². The second kappa shape index (κ2) is 9.25. The van der Waals surface area contributed by atoms with Crippen LogP contribution < -0.4 is 15.6 Å². The number of aryl methyl sites for hydroxylation is 1. The van der Waals surface area contributed by atoms with Gasteiger partial charge in [-0.2, -0.15) is 0 Å². The molecule has 0 bridgehead atoms. The topological polar surface area (TPSA) is 73.2 Å². The molecule has 1 amide bonds. The van der Waals surface area contributed by atoms with Gasteiger partial charge in [-0.05, 0) is 42.8 Å². The maximum atomic E-state index is 14.4. The van der Waals surface area contributed by atoms with E-state index in [1.807, 2.05) is 0 Å². The monoisotopic (exact) mass is 417 g/mol. The highest BCUT2D eigenvalue weighted by Crippen LogP contribution is 2.27. The van der Waals surface area contributed by atoms with Crippen LogP contribution in [0.1, 0.15) is 34.6 Å². The number of halogens is 3. The lowest BCUT2D eigenvalue weighted by Gasteiger charge is -2.20. The third kappa shape index (κ3) is 4.51. The third-order valence-corrected chi connectivity index (χ3v) is 4.42. The fourth-order valence-corrected chi connectivity index (χ4v) is 2.92. The van der Waals surface area contributed by atoms with Crippen molar-refractivity contribution < 1.29 is 22.7 Å². The maximum absolute atomic E-state index is 14.4. The van der Waals surface area contributed by atoms with Gasteiger partial charge in [-0.3, -0.25) is 14.6 Å². The van der Waals surface area contributed by atoms with Gasteiger partial charge in [0.05, 0.1) is 11.6 Å². The van der Waals surface area contributed by atoms with Gasteiger partial charge in [0.1, 0.15) is 11.5 Å². The van der Waals surface area contributed by atoms with Gasteiger partial charge in [-0.15, -0.1) is 0 Å². The number of rotatable bonds is 7. The van der Waals surface area contributed by atoms with E-state index in [0.29, 0.717) is 6.54 Å². The zero-order valence-electron chi connectivity index (χ0n) is 15.9. The van der Waals surface area contributed by atoms with Crippen molar-refractivity contribution in [2.75, 3.05) is 6.86 Å². The Morgan fingerprint density at radius 1 is 1.20 bits per heavy atom. The lowest BCUT2D eigenvalue weighted by atomic mass is 10.0. The van der Waals surface area contributed by atoms with Crippen LogP contribution in [0.2, 0.25) is 0 Å². The number of aromatic nitrogens is 2. The number of amides is 1. The van der Waals surface area contributed by atoms with Crippen LogP contribution in [0.5, 0.6) is 5.75 Å². The van der Waals surface area contributed by atoms with Crippen LogP contribution in [0, 0.1) is 11.6 Å². The van der Waals surface area contributed by atoms with Gasteiger partial charge in [0, 0.05) is 25.0 Å². The lowest BCUT2D eigenvalue weighted by molar-refractivity contribution is 0.0941. The molecule has 0 aliphatic carbocycles. The lowest BCUT2D eigenvalue weighted by Crippen LogP contribution is -2.32. The summed E-state index contributed by atoms with van der Waals surface area (Å²) in [7, 11) is 0. The second-order valence-corrected chi connectivity index (χ2v) is 6.26. The highest BCUT2D eigenvalue weighted by Gasteiger charge is 2.24. The van der Waals surface area contributed by atoms with E-state index in [1.165, 1.54) is 47.3 Å². The van der Waals surface area contributed by atoms with E-state index in [-0.39, 0.29) is 28.1 Å². The van der Waals surface area contributed by atoms with Crippen LogP contribution in [0.15, 0.2) is 59.7 Å². The molecule has 0 fully saturated rings. The molecule has 0 aliphatic rings. The molecule has 0 saturated heterocycles. The molecule has 156 valence electrons. The highest BCUT2D eigenvalue weighted by molar-refractivity contribution is 5.94. The van der Waals surface area contributed by atoms with E-state index in [1.54, 1.807) is 6.92 Å². The van der Waals surface area contributed by atoms with Crippen molar-refractivity contribution in [3.05, 3.63) is 93.7 Å². The van der Waals surface area contributed by atoms with Crippen LogP contribution in [0.25, 0.3) is 0 Å². The Kier molecular flexibility index (Phi) is 6.51. The smallest absolute Gasteiger partial charge is 0.253 e. The third-order valence-electron chi connectivity index (χ3n) is 4.42. The van der Waals surface area contributed by atoms with Crippen molar-refractivity contribution >= 4 is 5.91 Å². The van der Waals surface area contributed by atoms with Crippen molar-refractivity contribution in [1.29, 1.82) is 0 Å². The number of nitrogens with zero attached hydrogens (tertiary/aromatic N) is 2. The molecule has 3 aromatic rings. The summed E-state index contributed by atoms with van der Waals surface area (Å²) < 4.78 is 46.9. The normalized spacial score (nSPS) is 11.7. The molecule has 30 heavy (non-hydrogen) atoms. The number of carbonyl (C=O) groups excluding carboxylic acids is 1. The molecule has 0 aliphatic heterocycles. The summed E-state index contributed by atoms with van der Waals surface area (Å²) in [6, 6.07) is 7.56. The number of hydrogen-bond acceptors (Lipinski definition) is 4. The molecule has 0 unspecified atom stereocenters. The Labute approximate surface area is 170 Å². The molecule has 6 nitrogen and oxygen atoms in total. The number of pyridine rings is 2. The Balaban J connectivity index is 2.01. The van der Waals surface area contributed by atoms with Gasteiger partial charge in [-0.1, -0.05) is 6.07 Å². The summed E-state index contributed by atoms with van der Waals surface area (Å²) >= 11 is 0. The first-order valence-electron chi connectivity index (χ1n) is 9.04. The van der Waals surface area contributed by atoms with Gasteiger partial charge in [-0.25, -0.2) is 13.2 Å². The average molecular weight is 417 g/mol. The summed E-state index contributed by atoms with van der Waals surface area (Å²) in [4.78, 5) is 28.5. The molecule has 0 saturated carbocycles. The first kappa shape index (κ1) is 21.1. The molecule has 1 aromatic carbocycles. The van der Waals surface area contributed by atoms with E-state index >= 15 is 0 Å². The first-order chi connectivity index (χ1) is 14.4. The second-order valence-electron chi connectivity index (χ2n) is 6.26. The average Bonchev–Trinajstić information content (AvgIpc) is 2.74. The highest BCUT2D eigenvalue weighted by atomic mass is 19.1. The van der Waals surface area contributed by atoms with Crippen LogP contribution in [-0.4, -0.2) is 22.3 Å². The van der Waals surface area contributed by atoms with E-state index in [0.717, 1.165) is 12.1 Å². The summed E-state index contributed by atoms with van der Waals surface area (Å²) in [6.07, 6.45) is 2.72. The molecule has 2 aromatic heterocycles. The van der Waals surface area contributed by atoms with Gasteiger partial charge in [0.15, 0.2) is 11.6 Å². The number of carbonyl (C=O) groups is 1. The van der Waals surface area contributed by atoms with Gasteiger partial charge >= 0.3 is 0 Å². The van der Waals surface area contributed by atoms with Crippen LogP contribution in [-0.2, 0) is 6.54 Å². The molecular formula is C21H18F3N3O3. The van der Waals surface area contributed by atoms with Crippen LogP contribution in [0.4, 0.5) is 13.2 Å². The van der Waals surface area contributed by atoms with E-state index in [4.69, 9.17) is 0 Å². The fourth-order valence-electron chi connectivity index (χ4n) is 2.92. The minimum absolute atomic E-state index is 0.131. The molecule has 0 radical (unpaired) electrons. The van der Waals surface area contributed by atoms with Crippen LogP contribution >= 0.6 is 0 Å².